The van der Waals surface area contributed by atoms with Crippen LogP contribution >= 0.6 is 0 Å². The zero-order valence-electron chi connectivity index (χ0n) is 6.14. The van der Waals surface area contributed by atoms with Gasteiger partial charge in [-0.3, -0.25) is 4.55 Å². The molecule has 64 valence electrons. The zero-order chi connectivity index (χ0) is 8.74. The Morgan fingerprint density at radius 1 is 0.917 bits per heavy atom. The van der Waals surface area contributed by atoms with E-state index < -0.39 is 10.1 Å². The van der Waals surface area contributed by atoms with Gasteiger partial charge < -0.3 is 0 Å². The first-order valence-corrected chi connectivity index (χ1v) is 4.77. The van der Waals surface area contributed by atoms with Gasteiger partial charge in [0.15, 0.2) is 0 Å². The van der Waals surface area contributed by atoms with Crippen molar-refractivity contribution in [2.24, 2.45) is 0 Å². The van der Waals surface area contributed by atoms with Crippen molar-refractivity contribution < 1.29 is 13.0 Å². The molecular formula is C7H11NaO3S. The maximum atomic E-state index is 9.19. The molecule has 0 radical (unpaired) electrons. The fourth-order valence-corrected chi connectivity index (χ4v) is 0.385. The van der Waals surface area contributed by atoms with Gasteiger partial charge in [0.2, 0.25) is 0 Å². The minimum atomic E-state index is -3.67. The number of benzene rings is 1. The molecule has 12 heavy (non-hydrogen) atoms. The van der Waals surface area contributed by atoms with E-state index in [2.05, 4.69) is 0 Å². The normalized spacial score (nSPS) is 8.83. The SMILES string of the molecule is CS(=O)(=O)O.[NaH].c1ccccc1. The molecule has 0 aliphatic rings. The van der Waals surface area contributed by atoms with Gasteiger partial charge in [-0.2, -0.15) is 8.42 Å². The van der Waals surface area contributed by atoms with Crippen molar-refractivity contribution in [2.75, 3.05) is 6.26 Å². The van der Waals surface area contributed by atoms with Crippen LogP contribution in [-0.4, -0.2) is 48.8 Å². The van der Waals surface area contributed by atoms with Gasteiger partial charge in [-0.25, -0.2) is 0 Å². The summed E-state index contributed by atoms with van der Waals surface area (Å²) in [5.74, 6) is 0. The third-order valence-corrected chi connectivity index (χ3v) is 0.667. The predicted molar refractivity (Wildman–Crippen MR) is 51.1 cm³/mol. The van der Waals surface area contributed by atoms with Gasteiger partial charge in [-0.1, -0.05) is 36.4 Å². The van der Waals surface area contributed by atoms with Gasteiger partial charge in [-0.15, -0.1) is 0 Å². The van der Waals surface area contributed by atoms with Crippen molar-refractivity contribution in [3.8, 4) is 0 Å². The largest absolute Gasteiger partial charge is 0.0623 e. The number of hydrogen-bond acceptors (Lipinski definition) is 2. The molecule has 0 saturated heterocycles. The van der Waals surface area contributed by atoms with Gasteiger partial charge in [0.05, 0.1) is 6.26 Å². The molecule has 0 aliphatic carbocycles. The molecule has 1 rings (SSSR count). The van der Waals surface area contributed by atoms with E-state index in [1.807, 2.05) is 36.4 Å². The predicted octanol–water partition coefficient (Wildman–Crippen LogP) is 0.542. The summed E-state index contributed by atoms with van der Waals surface area (Å²) in [5, 5.41) is 0. The second-order valence-electron chi connectivity index (χ2n) is 1.89. The fraction of sp³-hybridized carbons (Fsp3) is 0.143. The Bertz CT molecular complexity index is 235. The van der Waals surface area contributed by atoms with E-state index in [0.717, 1.165) is 0 Å². The zero-order valence-corrected chi connectivity index (χ0v) is 6.95. The average Bonchev–Trinajstić information content (AvgIpc) is 1.88. The summed E-state index contributed by atoms with van der Waals surface area (Å²) in [6, 6.07) is 12.0. The molecule has 0 unspecified atom stereocenters. The van der Waals surface area contributed by atoms with Crippen LogP contribution in [0.5, 0.6) is 0 Å². The molecule has 0 aliphatic heterocycles. The molecule has 0 fully saturated rings. The second-order valence-corrected chi connectivity index (χ2v) is 3.35. The molecule has 0 bridgehead atoms. The molecule has 5 heteroatoms. The first-order chi connectivity index (χ1) is 5.00. The van der Waals surface area contributed by atoms with Crippen molar-refractivity contribution in [3.63, 3.8) is 0 Å². The Kier molecular flexibility index (Phi) is 9.47. The molecule has 0 atom stereocenters. The fourth-order valence-electron chi connectivity index (χ4n) is 0.385. The van der Waals surface area contributed by atoms with Gasteiger partial charge in [0.1, 0.15) is 0 Å². The Balaban J connectivity index is 0. The molecule has 1 aromatic rings. The summed E-state index contributed by atoms with van der Waals surface area (Å²) in [7, 11) is -3.67. The summed E-state index contributed by atoms with van der Waals surface area (Å²) >= 11 is 0. The van der Waals surface area contributed by atoms with Gasteiger partial charge in [-0.05, 0) is 0 Å². The van der Waals surface area contributed by atoms with E-state index in [4.69, 9.17) is 4.55 Å². The van der Waals surface area contributed by atoms with E-state index in [-0.39, 0.29) is 29.6 Å². The summed E-state index contributed by atoms with van der Waals surface area (Å²) in [6.07, 6.45) is 0.715. The van der Waals surface area contributed by atoms with Crippen LogP contribution in [-0.2, 0) is 10.1 Å². The number of rotatable bonds is 0. The Hall–Kier alpha value is 0.130. The van der Waals surface area contributed by atoms with Crippen molar-refractivity contribution in [1.82, 2.24) is 0 Å². The Morgan fingerprint density at radius 2 is 1.00 bits per heavy atom. The van der Waals surface area contributed by atoms with Gasteiger partial charge >= 0.3 is 29.6 Å². The Morgan fingerprint density at radius 3 is 1.08 bits per heavy atom. The monoisotopic (exact) mass is 198 g/mol. The van der Waals surface area contributed by atoms with Crippen LogP contribution in [0.2, 0.25) is 0 Å². The van der Waals surface area contributed by atoms with Crippen LogP contribution in [0, 0.1) is 0 Å². The molecule has 1 aromatic carbocycles. The topological polar surface area (TPSA) is 54.4 Å². The first-order valence-electron chi connectivity index (χ1n) is 2.92. The van der Waals surface area contributed by atoms with E-state index in [1.165, 1.54) is 0 Å². The molecule has 0 aromatic heterocycles. The van der Waals surface area contributed by atoms with Crippen LogP contribution in [0.4, 0.5) is 0 Å². The summed E-state index contributed by atoms with van der Waals surface area (Å²) in [6.45, 7) is 0. The third kappa shape index (κ3) is 22.5. The standard InChI is InChI=1S/C6H6.CH4O3S.Na.H/c1-2-4-6-5-3-1;1-5(2,3)4;;/h1-6H;1H3,(H,2,3,4);;. The van der Waals surface area contributed by atoms with Crippen LogP contribution in [0.25, 0.3) is 0 Å². The molecule has 0 saturated carbocycles. The van der Waals surface area contributed by atoms with E-state index in [9.17, 15) is 8.42 Å². The molecule has 0 spiro atoms. The summed E-state index contributed by atoms with van der Waals surface area (Å²) in [4.78, 5) is 0. The minimum absolute atomic E-state index is 0. The maximum absolute atomic E-state index is 9.19. The quantitative estimate of drug-likeness (QED) is 0.489. The average molecular weight is 198 g/mol. The number of hydrogen-bond donors (Lipinski definition) is 1. The van der Waals surface area contributed by atoms with E-state index in [1.54, 1.807) is 0 Å². The van der Waals surface area contributed by atoms with Crippen molar-refractivity contribution >= 4 is 39.7 Å². The Labute approximate surface area is 94.8 Å². The van der Waals surface area contributed by atoms with E-state index in [0.29, 0.717) is 6.26 Å². The molecule has 3 nitrogen and oxygen atoms in total. The minimum Gasteiger partial charge on any atom is -0.0623 e. The molecular weight excluding hydrogens is 187 g/mol. The first kappa shape index (κ1) is 14.6. The van der Waals surface area contributed by atoms with Gasteiger partial charge in [0, 0.05) is 0 Å². The van der Waals surface area contributed by atoms with Crippen molar-refractivity contribution in [2.45, 2.75) is 0 Å². The molecule has 0 amide bonds. The van der Waals surface area contributed by atoms with Crippen molar-refractivity contribution in [1.29, 1.82) is 0 Å². The summed E-state index contributed by atoms with van der Waals surface area (Å²) < 4.78 is 25.9. The van der Waals surface area contributed by atoms with Crippen LogP contribution in [0.3, 0.4) is 0 Å². The molecule has 0 heterocycles. The smallest absolute Gasteiger partial charge is 0.0623 e. The van der Waals surface area contributed by atoms with Gasteiger partial charge in [0.25, 0.3) is 10.1 Å². The molecule has 1 N–H and O–H groups in total. The van der Waals surface area contributed by atoms with Crippen molar-refractivity contribution in [3.05, 3.63) is 36.4 Å². The van der Waals surface area contributed by atoms with Crippen LogP contribution < -0.4 is 0 Å². The second kappa shape index (κ2) is 7.76. The summed E-state index contributed by atoms with van der Waals surface area (Å²) in [5.41, 5.74) is 0. The van der Waals surface area contributed by atoms with E-state index >= 15 is 0 Å². The van der Waals surface area contributed by atoms with Crippen LogP contribution in [0.1, 0.15) is 0 Å². The third-order valence-electron chi connectivity index (χ3n) is 0.667. The van der Waals surface area contributed by atoms with Crippen LogP contribution in [0.15, 0.2) is 36.4 Å². The maximum Gasteiger partial charge on any atom is -0.0623 e.